The molecule has 0 spiro atoms. The third-order valence-corrected chi connectivity index (χ3v) is 3.45. The molecule has 106 valence electrons. The second-order valence-electron chi connectivity index (χ2n) is 4.86. The van der Waals surface area contributed by atoms with E-state index in [1.54, 1.807) is 34.1 Å². The van der Waals surface area contributed by atoms with Crippen LogP contribution in [0.5, 0.6) is 0 Å². The van der Waals surface area contributed by atoms with Gasteiger partial charge in [0.1, 0.15) is 17.9 Å². The van der Waals surface area contributed by atoms with Crippen molar-refractivity contribution in [1.82, 2.24) is 14.8 Å². The van der Waals surface area contributed by atoms with E-state index in [0.29, 0.717) is 24.3 Å². The number of hydrogen-bond donors (Lipinski definition) is 1. The number of pyridine rings is 1. The van der Waals surface area contributed by atoms with Crippen molar-refractivity contribution in [2.45, 2.75) is 12.5 Å². The van der Waals surface area contributed by atoms with Crippen LogP contribution in [0.3, 0.4) is 0 Å². The monoisotopic (exact) mass is 282 g/mol. The van der Waals surface area contributed by atoms with E-state index in [4.69, 9.17) is 5.26 Å². The van der Waals surface area contributed by atoms with E-state index in [1.165, 1.54) is 0 Å². The normalized spacial score (nSPS) is 17.8. The molecule has 1 N–H and O–H groups in total. The van der Waals surface area contributed by atoms with E-state index >= 15 is 0 Å². The summed E-state index contributed by atoms with van der Waals surface area (Å²) in [6.07, 6.45) is 5.74. The van der Waals surface area contributed by atoms with Gasteiger partial charge >= 0.3 is 0 Å². The van der Waals surface area contributed by atoms with Gasteiger partial charge in [-0.25, -0.2) is 4.98 Å². The highest BCUT2D eigenvalue weighted by Gasteiger charge is 2.33. The Hall–Kier alpha value is -2.88. The summed E-state index contributed by atoms with van der Waals surface area (Å²) < 4.78 is 1.66. The van der Waals surface area contributed by atoms with Gasteiger partial charge in [0, 0.05) is 26.0 Å². The molecule has 2 aromatic heterocycles. The SMILES string of the molecule is Cn1cc(N2CCC(Nc3ncccc3C#N)C2=O)cn1. The van der Waals surface area contributed by atoms with E-state index in [1.807, 2.05) is 13.2 Å². The zero-order valence-corrected chi connectivity index (χ0v) is 11.5. The minimum atomic E-state index is -0.368. The average Bonchev–Trinajstić information content (AvgIpc) is 3.07. The van der Waals surface area contributed by atoms with Gasteiger partial charge in [-0.05, 0) is 18.6 Å². The molecular weight excluding hydrogens is 268 g/mol. The summed E-state index contributed by atoms with van der Waals surface area (Å²) in [6, 6.07) is 5.07. The van der Waals surface area contributed by atoms with Gasteiger partial charge in [0.15, 0.2) is 0 Å². The maximum Gasteiger partial charge on any atom is 0.249 e. The van der Waals surface area contributed by atoms with Crippen LogP contribution in [0.25, 0.3) is 0 Å². The average molecular weight is 282 g/mol. The molecule has 7 nitrogen and oxygen atoms in total. The Morgan fingerprint density at radius 3 is 3.10 bits per heavy atom. The van der Waals surface area contributed by atoms with Gasteiger partial charge in [-0.3, -0.25) is 9.48 Å². The summed E-state index contributed by atoms with van der Waals surface area (Å²) in [4.78, 5) is 18.3. The van der Waals surface area contributed by atoms with Gasteiger partial charge in [0.2, 0.25) is 5.91 Å². The summed E-state index contributed by atoms with van der Waals surface area (Å²) in [5.74, 6) is 0.420. The van der Waals surface area contributed by atoms with Crippen LogP contribution in [0.1, 0.15) is 12.0 Å². The topological polar surface area (TPSA) is 86.8 Å². The predicted octanol–water partition coefficient (Wildman–Crippen LogP) is 0.904. The van der Waals surface area contributed by atoms with Gasteiger partial charge in [0.05, 0.1) is 17.4 Å². The van der Waals surface area contributed by atoms with Crippen molar-refractivity contribution in [3.05, 3.63) is 36.3 Å². The Morgan fingerprint density at radius 1 is 1.52 bits per heavy atom. The molecule has 1 aliphatic heterocycles. The molecule has 7 heteroatoms. The van der Waals surface area contributed by atoms with Crippen molar-refractivity contribution in [2.75, 3.05) is 16.8 Å². The fraction of sp³-hybridized carbons (Fsp3) is 0.286. The van der Waals surface area contributed by atoms with Crippen molar-refractivity contribution in [3.8, 4) is 6.07 Å². The second-order valence-corrected chi connectivity index (χ2v) is 4.86. The van der Waals surface area contributed by atoms with E-state index in [-0.39, 0.29) is 11.9 Å². The van der Waals surface area contributed by atoms with E-state index < -0.39 is 0 Å². The van der Waals surface area contributed by atoms with Crippen molar-refractivity contribution in [3.63, 3.8) is 0 Å². The Labute approximate surface area is 121 Å². The predicted molar refractivity (Wildman–Crippen MR) is 76.5 cm³/mol. The Bertz CT molecular complexity index is 716. The maximum absolute atomic E-state index is 12.4. The molecule has 3 heterocycles. The van der Waals surface area contributed by atoms with E-state index in [0.717, 1.165) is 5.69 Å². The number of aryl methyl sites for hydroxylation is 1. The molecule has 0 aliphatic carbocycles. The molecule has 0 bridgehead atoms. The van der Waals surface area contributed by atoms with Crippen LogP contribution in [0.2, 0.25) is 0 Å². The number of nitrogens with one attached hydrogen (secondary N) is 1. The molecule has 0 aromatic carbocycles. The highest BCUT2D eigenvalue weighted by Crippen LogP contribution is 2.23. The molecule has 3 rings (SSSR count). The minimum absolute atomic E-state index is 0.0301. The third-order valence-electron chi connectivity index (χ3n) is 3.45. The first kappa shape index (κ1) is 13.1. The van der Waals surface area contributed by atoms with Crippen molar-refractivity contribution in [1.29, 1.82) is 5.26 Å². The second kappa shape index (κ2) is 5.25. The van der Waals surface area contributed by atoms with Gasteiger partial charge in [-0.15, -0.1) is 0 Å². The maximum atomic E-state index is 12.4. The smallest absolute Gasteiger partial charge is 0.249 e. The molecule has 1 aliphatic rings. The Kier molecular flexibility index (Phi) is 3.28. The number of amides is 1. The lowest BCUT2D eigenvalue weighted by atomic mass is 10.2. The van der Waals surface area contributed by atoms with Crippen LogP contribution in [-0.4, -0.2) is 33.3 Å². The first-order valence-electron chi connectivity index (χ1n) is 6.60. The molecule has 1 unspecified atom stereocenters. The molecule has 1 amide bonds. The summed E-state index contributed by atoms with van der Waals surface area (Å²) in [5, 5.41) is 16.2. The highest BCUT2D eigenvalue weighted by atomic mass is 16.2. The number of aromatic nitrogens is 3. The lowest BCUT2D eigenvalue weighted by Crippen LogP contribution is -2.33. The quantitative estimate of drug-likeness (QED) is 0.904. The van der Waals surface area contributed by atoms with Crippen LogP contribution in [-0.2, 0) is 11.8 Å². The highest BCUT2D eigenvalue weighted by molar-refractivity contribution is 6.00. The first-order valence-corrected chi connectivity index (χ1v) is 6.60. The molecular formula is C14H14N6O. The van der Waals surface area contributed by atoms with Crippen LogP contribution >= 0.6 is 0 Å². The molecule has 1 fully saturated rings. The van der Waals surface area contributed by atoms with Gasteiger partial charge in [-0.2, -0.15) is 10.4 Å². The van der Waals surface area contributed by atoms with Crippen LogP contribution < -0.4 is 10.2 Å². The van der Waals surface area contributed by atoms with Crippen molar-refractivity contribution >= 4 is 17.4 Å². The molecule has 1 atom stereocenters. The van der Waals surface area contributed by atoms with Crippen LogP contribution in [0.15, 0.2) is 30.7 Å². The molecule has 0 saturated carbocycles. The number of nitrogens with zero attached hydrogens (tertiary/aromatic N) is 5. The number of carbonyl (C=O) groups is 1. The van der Waals surface area contributed by atoms with Gasteiger partial charge < -0.3 is 10.2 Å². The third kappa shape index (κ3) is 2.43. The largest absolute Gasteiger partial charge is 0.357 e. The van der Waals surface area contributed by atoms with Crippen LogP contribution in [0, 0.1) is 11.3 Å². The van der Waals surface area contributed by atoms with Gasteiger partial charge in [0.25, 0.3) is 0 Å². The lowest BCUT2D eigenvalue weighted by molar-refractivity contribution is -0.117. The fourth-order valence-electron chi connectivity index (χ4n) is 2.39. The number of nitriles is 1. The Balaban J connectivity index is 1.77. The molecule has 0 radical (unpaired) electrons. The zero-order chi connectivity index (χ0) is 14.8. The number of anilines is 2. The number of carbonyl (C=O) groups excluding carboxylic acids is 1. The zero-order valence-electron chi connectivity index (χ0n) is 11.5. The summed E-state index contributed by atoms with van der Waals surface area (Å²) in [5.41, 5.74) is 1.22. The molecule has 2 aromatic rings. The Morgan fingerprint density at radius 2 is 2.38 bits per heavy atom. The van der Waals surface area contributed by atoms with Crippen molar-refractivity contribution in [2.24, 2.45) is 7.05 Å². The molecule has 21 heavy (non-hydrogen) atoms. The minimum Gasteiger partial charge on any atom is -0.357 e. The fourth-order valence-corrected chi connectivity index (χ4v) is 2.39. The van der Waals surface area contributed by atoms with Gasteiger partial charge in [-0.1, -0.05) is 0 Å². The summed E-state index contributed by atoms with van der Waals surface area (Å²) in [6.45, 7) is 0.622. The number of hydrogen-bond acceptors (Lipinski definition) is 5. The van der Waals surface area contributed by atoms with E-state index in [2.05, 4.69) is 21.5 Å². The molecule has 1 saturated heterocycles. The number of rotatable bonds is 3. The first-order chi connectivity index (χ1) is 10.2. The summed E-state index contributed by atoms with van der Waals surface area (Å²) >= 11 is 0. The van der Waals surface area contributed by atoms with Crippen molar-refractivity contribution < 1.29 is 4.79 Å². The van der Waals surface area contributed by atoms with Crippen LogP contribution in [0.4, 0.5) is 11.5 Å². The van der Waals surface area contributed by atoms with E-state index in [9.17, 15) is 4.79 Å². The summed E-state index contributed by atoms with van der Waals surface area (Å²) in [7, 11) is 1.81. The standard InChI is InChI=1S/C14H14N6O/c1-19-9-11(8-17-19)20-6-4-12(14(20)21)18-13-10(7-15)3-2-5-16-13/h2-3,5,8-9,12H,4,6H2,1H3,(H,16,18). The lowest BCUT2D eigenvalue weighted by Gasteiger charge is -2.15.